The average molecular weight is 336 g/mol. The highest BCUT2D eigenvalue weighted by molar-refractivity contribution is 5.91. The van der Waals surface area contributed by atoms with Gasteiger partial charge >= 0.3 is 6.09 Å². The third-order valence-corrected chi connectivity index (χ3v) is 3.99. The fourth-order valence-corrected chi connectivity index (χ4v) is 2.66. The fourth-order valence-electron chi connectivity index (χ4n) is 2.66. The van der Waals surface area contributed by atoms with Crippen LogP contribution >= 0.6 is 0 Å². The lowest BCUT2D eigenvalue weighted by Gasteiger charge is -2.34. The summed E-state index contributed by atoms with van der Waals surface area (Å²) in [5.74, 6) is 0. The lowest BCUT2D eigenvalue weighted by molar-refractivity contribution is -0.0134. The predicted octanol–water partition coefficient (Wildman–Crippen LogP) is 1.14. The molecule has 2 rings (SSSR count). The molecule has 1 aromatic rings. The summed E-state index contributed by atoms with van der Waals surface area (Å²) < 4.78 is 10.4. The number of hydrogen-bond acceptors (Lipinski definition) is 6. The zero-order chi connectivity index (χ0) is 17.6. The second-order valence-corrected chi connectivity index (χ2v) is 5.56. The van der Waals surface area contributed by atoms with Crippen LogP contribution in [0, 0.1) is 0 Å². The number of nitrogens with zero attached hydrogens (tertiary/aromatic N) is 2. The average Bonchev–Trinajstić information content (AvgIpc) is 2.62. The molecule has 1 saturated heterocycles. The van der Waals surface area contributed by atoms with Gasteiger partial charge in [-0.15, -0.1) is 0 Å². The van der Waals surface area contributed by atoms with Crippen LogP contribution in [0.25, 0.3) is 0 Å². The van der Waals surface area contributed by atoms with Gasteiger partial charge in [-0.3, -0.25) is 4.99 Å². The number of rotatable bonds is 5. The molecule has 0 spiro atoms. The molecular formula is C17H24N2O5. The molecule has 1 aromatic carbocycles. The van der Waals surface area contributed by atoms with Crippen LogP contribution in [0.5, 0.6) is 0 Å². The van der Waals surface area contributed by atoms with Gasteiger partial charge in [0.1, 0.15) is 6.10 Å². The van der Waals surface area contributed by atoms with Crippen LogP contribution in [0.3, 0.4) is 0 Å². The highest BCUT2D eigenvalue weighted by Crippen LogP contribution is 2.25. The first-order valence-corrected chi connectivity index (χ1v) is 7.96. The van der Waals surface area contributed by atoms with Gasteiger partial charge in [0.15, 0.2) is 0 Å². The molecule has 7 nitrogen and oxygen atoms in total. The van der Waals surface area contributed by atoms with Crippen molar-refractivity contribution < 1.29 is 24.5 Å². The van der Waals surface area contributed by atoms with Gasteiger partial charge in [0.25, 0.3) is 0 Å². The van der Waals surface area contributed by atoms with Gasteiger partial charge in [0.2, 0.25) is 5.72 Å². The van der Waals surface area contributed by atoms with Crippen molar-refractivity contribution in [1.29, 1.82) is 0 Å². The molecule has 7 heteroatoms. The van der Waals surface area contributed by atoms with E-state index in [2.05, 4.69) is 4.99 Å². The Morgan fingerprint density at radius 1 is 1.42 bits per heavy atom. The molecule has 2 atom stereocenters. The Labute approximate surface area is 141 Å². The number of hydrogen-bond donors (Lipinski definition) is 2. The Bertz CT molecular complexity index is 578. The molecule has 1 aliphatic rings. The minimum Gasteiger partial charge on any atom is -0.450 e. The monoisotopic (exact) mass is 336 g/mol. The van der Waals surface area contributed by atoms with E-state index >= 15 is 0 Å². The van der Waals surface area contributed by atoms with E-state index in [9.17, 15) is 15.0 Å². The molecule has 2 N–H and O–H groups in total. The standard InChI is InChI=1S/C17H24N2O5/c1-3-24-16(21)19-10-9-14(15(11-19)23-2)18-17(22,12-20)13-7-5-4-6-8-13/h4-8,15,20,22H,3,9-12H2,1-2H3/t15?,17-/m0/s1. The SMILES string of the molecule is CCOC(=O)N1CCC(=N[C@](O)(CO)c2ccccc2)C(OC)C1. The third kappa shape index (κ3) is 4.11. The van der Waals surface area contributed by atoms with E-state index in [0.717, 1.165) is 0 Å². The molecule has 0 aliphatic carbocycles. The van der Waals surface area contributed by atoms with E-state index in [1.165, 1.54) is 7.11 Å². The molecule has 132 valence electrons. The van der Waals surface area contributed by atoms with Crippen molar-refractivity contribution in [3.63, 3.8) is 0 Å². The van der Waals surface area contributed by atoms with E-state index < -0.39 is 18.4 Å². The summed E-state index contributed by atoms with van der Waals surface area (Å²) >= 11 is 0. The summed E-state index contributed by atoms with van der Waals surface area (Å²) in [5.41, 5.74) is -0.611. The second-order valence-electron chi connectivity index (χ2n) is 5.56. The first-order valence-electron chi connectivity index (χ1n) is 7.96. The molecule has 1 heterocycles. The number of likely N-dealkylation sites (tertiary alicyclic amines) is 1. The summed E-state index contributed by atoms with van der Waals surface area (Å²) in [4.78, 5) is 17.8. The maximum absolute atomic E-state index is 11.8. The van der Waals surface area contributed by atoms with Gasteiger partial charge < -0.3 is 24.6 Å². The van der Waals surface area contributed by atoms with Crippen molar-refractivity contribution in [2.75, 3.05) is 33.4 Å². The molecular weight excluding hydrogens is 312 g/mol. The van der Waals surface area contributed by atoms with E-state index in [1.807, 2.05) is 6.07 Å². The van der Waals surface area contributed by atoms with Crippen molar-refractivity contribution in [2.45, 2.75) is 25.2 Å². The Hall–Kier alpha value is -1.96. The van der Waals surface area contributed by atoms with Gasteiger partial charge in [-0.25, -0.2) is 4.79 Å². The quantitative estimate of drug-likeness (QED) is 0.841. The van der Waals surface area contributed by atoms with E-state index in [0.29, 0.717) is 37.4 Å². The summed E-state index contributed by atoms with van der Waals surface area (Å²) in [6.07, 6.45) is -0.407. The Morgan fingerprint density at radius 3 is 2.71 bits per heavy atom. The topological polar surface area (TPSA) is 91.6 Å². The molecule has 24 heavy (non-hydrogen) atoms. The number of amides is 1. The molecule has 1 unspecified atom stereocenters. The van der Waals surface area contributed by atoms with Crippen molar-refractivity contribution in [3.05, 3.63) is 35.9 Å². The van der Waals surface area contributed by atoms with Gasteiger partial charge in [-0.2, -0.15) is 0 Å². The maximum atomic E-state index is 11.8. The van der Waals surface area contributed by atoms with Crippen molar-refractivity contribution in [1.82, 2.24) is 4.90 Å². The molecule has 0 bridgehead atoms. The Balaban J connectivity index is 2.21. The van der Waals surface area contributed by atoms with Crippen molar-refractivity contribution >= 4 is 11.8 Å². The lowest BCUT2D eigenvalue weighted by Crippen LogP contribution is -2.49. The van der Waals surface area contributed by atoms with E-state index in [4.69, 9.17) is 9.47 Å². The minimum absolute atomic E-state index is 0.296. The normalized spacial score (nSPS) is 22.2. The number of carbonyl (C=O) groups excluding carboxylic acids is 1. The summed E-state index contributed by atoms with van der Waals surface area (Å²) in [6, 6.07) is 8.77. The highest BCUT2D eigenvalue weighted by atomic mass is 16.6. The first-order chi connectivity index (χ1) is 11.5. The minimum atomic E-state index is -1.72. The Kier molecular flexibility index (Phi) is 6.30. The number of piperidine rings is 1. The number of benzene rings is 1. The van der Waals surface area contributed by atoms with E-state index in [-0.39, 0.29) is 6.09 Å². The zero-order valence-corrected chi connectivity index (χ0v) is 14.0. The van der Waals surface area contributed by atoms with Crippen LogP contribution < -0.4 is 0 Å². The fraction of sp³-hybridized carbons (Fsp3) is 0.529. The number of ether oxygens (including phenoxy) is 2. The second kappa shape index (κ2) is 8.23. The number of carbonyl (C=O) groups is 1. The van der Waals surface area contributed by atoms with E-state index in [1.54, 1.807) is 36.1 Å². The molecule has 0 saturated carbocycles. The van der Waals surface area contributed by atoms with Crippen LogP contribution in [-0.2, 0) is 15.2 Å². The number of aliphatic imine (C=N–C) groups is 1. The first kappa shape index (κ1) is 18.4. The van der Waals surface area contributed by atoms with Crippen LogP contribution in [-0.4, -0.2) is 66.4 Å². The van der Waals surface area contributed by atoms with Gasteiger partial charge in [-0.05, 0) is 6.92 Å². The van der Waals surface area contributed by atoms with Gasteiger partial charge in [-0.1, -0.05) is 30.3 Å². The van der Waals surface area contributed by atoms with Crippen LogP contribution in [0.15, 0.2) is 35.3 Å². The number of aliphatic hydroxyl groups excluding tert-OH is 1. The van der Waals surface area contributed by atoms with Crippen molar-refractivity contribution in [2.24, 2.45) is 4.99 Å². The molecule has 1 aliphatic heterocycles. The molecule has 0 radical (unpaired) electrons. The number of aliphatic hydroxyl groups is 2. The largest absolute Gasteiger partial charge is 0.450 e. The number of methoxy groups -OCH3 is 1. The molecule has 1 fully saturated rings. The highest BCUT2D eigenvalue weighted by Gasteiger charge is 2.34. The smallest absolute Gasteiger partial charge is 0.409 e. The predicted molar refractivity (Wildman–Crippen MR) is 88.9 cm³/mol. The third-order valence-electron chi connectivity index (χ3n) is 3.99. The summed E-state index contributed by atoms with van der Waals surface area (Å²) in [7, 11) is 1.52. The van der Waals surface area contributed by atoms with Gasteiger partial charge in [0, 0.05) is 31.4 Å². The summed E-state index contributed by atoms with van der Waals surface area (Å²) in [5, 5.41) is 20.4. The summed E-state index contributed by atoms with van der Waals surface area (Å²) in [6.45, 7) is 2.24. The van der Waals surface area contributed by atoms with Crippen LogP contribution in [0.1, 0.15) is 18.9 Å². The molecule has 0 aromatic heterocycles. The van der Waals surface area contributed by atoms with Gasteiger partial charge in [0.05, 0.1) is 19.8 Å². The lowest BCUT2D eigenvalue weighted by atomic mass is 10.0. The zero-order valence-electron chi connectivity index (χ0n) is 14.0. The van der Waals surface area contributed by atoms with Crippen molar-refractivity contribution in [3.8, 4) is 0 Å². The van der Waals surface area contributed by atoms with Crippen LogP contribution in [0.4, 0.5) is 4.79 Å². The molecule has 1 amide bonds. The Morgan fingerprint density at radius 2 is 2.12 bits per heavy atom. The van der Waals surface area contributed by atoms with Crippen LogP contribution in [0.2, 0.25) is 0 Å². The maximum Gasteiger partial charge on any atom is 0.409 e.